The van der Waals surface area contributed by atoms with Crippen molar-refractivity contribution in [3.8, 4) is 0 Å². The van der Waals surface area contributed by atoms with Crippen LogP contribution < -0.4 is 11.1 Å². The van der Waals surface area contributed by atoms with Gasteiger partial charge in [-0.05, 0) is 42.8 Å². The Kier molecular flexibility index (Phi) is 4.52. The van der Waals surface area contributed by atoms with Gasteiger partial charge in [-0.3, -0.25) is 4.79 Å². The molecule has 0 fully saturated rings. The van der Waals surface area contributed by atoms with Crippen molar-refractivity contribution in [2.24, 2.45) is 5.73 Å². The molecule has 3 N–H and O–H groups in total. The normalized spacial score (nSPS) is 10.1. The lowest BCUT2D eigenvalue weighted by Crippen LogP contribution is -2.14. The summed E-state index contributed by atoms with van der Waals surface area (Å²) in [5.41, 5.74) is 8.61. The van der Waals surface area contributed by atoms with Gasteiger partial charge in [-0.1, -0.05) is 40.3 Å². The van der Waals surface area contributed by atoms with Crippen LogP contribution in [0.4, 0.5) is 5.69 Å². The zero-order valence-corrected chi connectivity index (χ0v) is 13.2. The number of hydrogen-bond acceptors (Lipinski definition) is 2. The van der Waals surface area contributed by atoms with Gasteiger partial charge < -0.3 is 11.1 Å². The molecule has 20 heavy (non-hydrogen) atoms. The lowest BCUT2D eigenvalue weighted by Gasteiger charge is -2.09. The summed E-state index contributed by atoms with van der Waals surface area (Å²) in [5, 5.41) is 2.88. The molecule has 2 aromatic rings. The summed E-state index contributed by atoms with van der Waals surface area (Å²) >= 11 is 8.27. The molecule has 0 radical (unpaired) electrons. The van der Waals surface area contributed by atoms with Gasteiger partial charge in [0.05, 0.1) is 0 Å². The van der Waals surface area contributed by atoms with Crippen LogP contribution in [0.5, 0.6) is 0 Å². The van der Waals surface area contributed by atoms with Crippen molar-refractivity contribution in [1.29, 1.82) is 0 Å². The summed E-state index contributed by atoms with van der Waals surface area (Å²) in [5.74, 6) is -0.162. The van der Waals surface area contributed by atoms with Crippen molar-refractivity contribution < 1.29 is 4.79 Å². The Morgan fingerprint density at radius 3 is 2.30 bits per heavy atom. The molecule has 5 heteroatoms. The fourth-order valence-corrected chi connectivity index (χ4v) is 2.36. The maximum Gasteiger partial charge on any atom is 0.255 e. The van der Waals surface area contributed by atoms with Crippen LogP contribution in [0.2, 0.25) is 0 Å². The third kappa shape index (κ3) is 3.43. The first-order valence-corrected chi connectivity index (χ1v) is 7.15. The van der Waals surface area contributed by atoms with Gasteiger partial charge in [-0.25, -0.2) is 0 Å². The third-order valence-electron chi connectivity index (χ3n) is 2.87. The molecule has 0 unspecified atom stereocenters. The fourth-order valence-electron chi connectivity index (χ4n) is 1.75. The molecule has 1 amide bonds. The van der Waals surface area contributed by atoms with Crippen LogP contribution in [0.25, 0.3) is 0 Å². The molecule has 0 aliphatic carbocycles. The van der Waals surface area contributed by atoms with Crippen molar-refractivity contribution in [2.45, 2.75) is 6.92 Å². The van der Waals surface area contributed by atoms with Crippen LogP contribution in [0, 0.1) is 6.92 Å². The van der Waals surface area contributed by atoms with Crippen molar-refractivity contribution in [3.05, 3.63) is 63.6 Å². The number of benzene rings is 2. The molecule has 0 saturated heterocycles. The standard InChI is InChI=1S/C15H13BrN2OS/c1-9-8-12(16)6-7-13(9)18-15(19)11-4-2-10(3-5-11)14(17)20/h2-8H,1H3,(H2,17,20)(H,18,19). The maximum absolute atomic E-state index is 12.1. The Hall–Kier alpha value is -1.72. The van der Waals surface area contributed by atoms with E-state index >= 15 is 0 Å². The second-order valence-electron chi connectivity index (χ2n) is 4.35. The highest BCUT2D eigenvalue weighted by molar-refractivity contribution is 9.10. The van der Waals surface area contributed by atoms with Crippen molar-refractivity contribution in [3.63, 3.8) is 0 Å². The lowest BCUT2D eigenvalue weighted by atomic mass is 10.1. The smallest absolute Gasteiger partial charge is 0.255 e. The first-order chi connectivity index (χ1) is 9.47. The molecule has 102 valence electrons. The number of anilines is 1. The van der Waals surface area contributed by atoms with Gasteiger partial charge in [0.15, 0.2) is 0 Å². The molecular formula is C15H13BrN2OS. The molecule has 3 nitrogen and oxygen atoms in total. The third-order valence-corrected chi connectivity index (χ3v) is 3.60. The predicted octanol–water partition coefficient (Wildman–Crippen LogP) is 3.64. The highest BCUT2D eigenvalue weighted by Crippen LogP contribution is 2.20. The number of amides is 1. The van der Waals surface area contributed by atoms with E-state index in [0.29, 0.717) is 10.6 Å². The number of hydrogen-bond donors (Lipinski definition) is 2. The van der Waals surface area contributed by atoms with Crippen LogP contribution in [-0.2, 0) is 0 Å². The molecule has 2 rings (SSSR count). The number of thiocarbonyl (C=S) groups is 1. The second kappa shape index (κ2) is 6.15. The van der Waals surface area contributed by atoms with Crippen LogP contribution in [0.15, 0.2) is 46.9 Å². The quantitative estimate of drug-likeness (QED) is 0.832. The summed E-state index contributed by atoms with van der Waals surface area (Å²) in [4.78, 5) is 12.5. The van der Waals surface area contributed by atoms with Gasteiger partial charge in [-0.2, -0.15) is 0 Å². The van der Waals surface area contributed by atoms with E-state index in [1.54, 1.807) is 24.3 Å². The second-order valence-corrected chi connectivity index (χ2v) is 5.71. The molecular weight excluding hydrogens is 336 g/mol. The van der Waals surface area contributed by atoms with E-state index in [1.165, 1.54) is 0 Å². The van der Waals surface area contributed by atoms with Crippen molar-refractivity contribution in [1.82, 2.24) is 0 Å². The number of aryl methyl sites for hydroxylation is 1. The minimum absolute atomic E-state index is 0.162. The van der Waals surface area contributed by atoms with Gasteiger partial charge >= 0.3 is 0 Å². The van der Waals surface area contributed by atoms with Crippen LogP contribution >= 0.6 is 28.1 Å². The fraction of sp³-hybridized carbons (Fsp3) is 0.0667. The van der Waals surface area contributed by atoms with Crippen LogP contribution in [-0.4, -0.2) is 10.9 Å². The van der Waals surface area contributed by atoms with E-state index < -0.39 is 0 Å². The maximum atomic E-state index is 12.1. The number of rotatable bonds is 3. The molecule has 0 aliphatic rings. The van der Waals surface area contributed by atoms with E-state index in [2.05, 4.69) is 21.2 Å². The Bertz CT molecular complexity index is 668. The average molecular weight is 349 g/mol. The SMILES string of the molecule is Cc1cc(Br)ccc1NC(=O)c1ccc(C(N)=S)cc1. The molecule has 0 bridgehead atoms. The van der Waals surface area contributed by atoms with Crippen molar-refractivity contribution >= 4 is 44.7 Å². The molecule has 0 atom stereocenters. The number of nitrogens with one attached hydrogen (secondary N) is 1. The van der Waals surface area contributed by atoms with E-state index in [1.807, 2.05) is 25.1 Å². The van der Waals surface area contributed by atoms with Crippen molar-refractivity contribution in [2.75, 3.05) is 5.32 Å². The Labute approximate surface area is 131 Å². The highest BCUT2D eigenvalue weighted by atomic mass is 79.9. The minimum Gasteiger partial charge on any atom is -0.389 e. The van der Waals surface area contributed by atoms with Gasteiger partial charge in [0.1, 0.15) is 4.99 Å². The van der Waals surface area contributed by atoms with Gasteiger partial charge in [-0.15, -0.1) is 0 Å². The summed E-state index contributed by atoms with van der Waals surface area (Å²) in [7, 11) is 0. The summed E-state index contributed by atoms with van der Waals surface area (Å²) < 4.78 is 0.980. The Morgan fingerprint density at radius 2 is 1.75 bits per heavy atom. The minimum atomic E-state index is -0.162. The van der Waals surface area contributed by atoms with E-state index in [4.69, 9.17) is 18.0 Å². The number of carbonyl (C=O) groups excluding carboxylic acids is 1. The highest BCUT2D eigenvalue weighted by Gasteiger charge is 2.08. The van der Waals surface area contributed by atoms with Gasteiger partial charge in [0, 0.05) is 21.3 Å². The van der Waals surface area contributed by atoms with E-state index in [-0.39, 0.29) is 5.91 Å². The Morgan fingerprint density at radius 1 is 1.15 bits per heavy atom. The molecule has 0 saturated carbocycles. The first kappa shape index (κ1) is 14.7. The molecule has 0 aromatic heterocycles. The monoisotopic (exact) mass is 348 g/mol. The van der Waals surface area contributed by atoms with Gasteiger partial charge in [0.25, 0.3) is 5.91 Å². The first-order valence-electron chi connectivity index (χ1n) is 5.95. The predicted molar refractivity (Wildman–Crippen MR) is 89.2 cm³/mol. The molecule has 0 aliphatic heterocycles. The zero-order valence-electron chi connectivity index (χ0n) is 10.8. The molecule has 0 spiro atoms. The topological polar surface area (TPSA) is 55.1 Å². The summed E-state index contributed by atoms with van der Waals surface area (Å²) in [6.45, 7) is 1.94. The Balaban J connectivity index is 2.17. The summed E-state index contributed by atoms with van der Waals surface area (Å²) in [6.07, 6.45) is 0. The molecule has 2 aromatic carbocycles. The van der Waals surface area contributed by atoms with Gasteiger partial charge in [0.2, 0.25) is 0 Å². The average Bonchev–Trinajstić information content (AvgIpc) is 2.42. The zero-order chi connectivity index (χ0) is 14.7. The lowest BCUT2D eigenvalue weighted by molar-refractivity contribution is 0.102. The number of halogens is 1. The van der Waals surface area contributed by atoms with Crippen LogP contribution in [0.3, 0.4) is 0 Å². The number of nitrogens with two attached hydrogens (primary N) is 1. The van der Waals surface area contributed by atoms with Crippen LogP contribution in [0.1, 0.15) is 21.5 Å². The van der Waals surface area contributed by atoms with E-state index in [9.17, 15) is 4.79 Å². The largest absolute Gasteiger partial charge is 0.389 e. The summed E-state index contributed by atoms with van der Waals surface area (Å²) in [6, 6.07) is 12.6. The number of carbonyl (C=O) groups is 1. The molecule has 0 heterocycles. The van der Waals surface area contributed by atoms with E-state index in [0.717, 1.165) is 21.3 Å².